The van der Waals surface area contributed by atoms with E-state index in [2.05, 4.69) is 24.0 Å². The molecular weight excluding hydrogens is 192 g/mol. The molecule has 0 saturated heterocycles. The van der Waals surface area contributed by atoms with Crippen LogP contribution in [0, 0.1) is 0 Å². The van der Waals surface area contributed by atoms with Gasteiger partial charge in [0.05, 0.1) is 13.6 Å². The molecule has 0 fully saturated rings. The zero-order chi connectivity index (χ0) is 11.2. The largest absolute Gasteiger partial charge is 0.478 e. The number of aromatic nitrogens is 2. The van der Waals surface area contributed by atoms with Crippen LogP contribution < -0.4 is 4.57 Å². The summed E-state index contributed by atoms with van der Waals surface area (Å²) in [5.41, 5.74) is 0. The molecule has 0 bridgehead atoms. The van der Waals surface area contributed by atoms with Crippen LogP contribution in [0.2, 0.25) is 6.32 Å². The van der Waals surface area contributed by atoms with Crippen molar-refractivity contribution in [1.82, 2.24) is 4.57 Å². The number of imidazole rings is 1. The van der Waals surface area contributed by atoms with Gasteiger partial charge in [-0.3, -0.25) is 0 Å². The summed E-state index contributed by atoms with van der Waals surface area (Å²) in [6, 6.07) is 0. The number of hydrogen-bond donors (Lipinski definition) is 0. The summed E-state index contributed by atoms with van der Waals surface area (Å²) in [7, 11) is 2.02. The smallest absolute Gasteiger partial charge is 0.449 e. The van der Waals surface area contributed by atoms with E-state index in [1.54, 1.807) is 0 Å². The Bertz CT molecular complexity index is 257. The van der Waals surface area contributed by atoms with E-state index in [1.807, 2.05) is 17.8 Å². The van der Waals surface area contributed by atoms with Crippen molar-refractivity contribution >= 4 is 6.98 Å². The van der Waals surface area contributed by atoms with Crippen LogP contribution in [0.25, 0.3) is 0 Å². The van der Waals surface area contributed by atoms with Gasteiger partial charge in [-0.25, -0.2) is 9.13 Å². The summed E-state index contributed by atoms with van der Waals surface area (Å²) in [6.07, 6.45) is 5.48. The minimum absolute atomic E-state index is 0.667. The number of nitrogens with zero attached hydrogens (tertiary/aromatic N) is 2. The Morgan fingerprint density at radius 1 is 1.29 bits per heavy atom. The maximum atomic E-state index is 10.8. The van der Waals surface area contributed by atoms with Gasteiger partial charge < -0.3 is 12.9 Å². The third kappa shape index (κ3) is 6.57. The van der Waals surface area contributed by atoms with Gasteiger partial charge in [0, 0.05) is 0 Å². The number of halogens is 3. The first-order valence-electron chi connectivity index (χ1n) is 4.61. The summed E-state index contributed by atoms with van der Waals surface area (Å²) >= 11 is 0. The lowest BCUT2D eigenvalue weighted by Gasteiger charge is -2.06. The van der Waals surface area contributed by atoms with Crippen LogP contribution in [0.1, 0.15) is 13.8 Å². The lowest BCUT2D eigenvalue weighted by molar-refractivity contribution is -0.693. The summed E-state index contributed by atoms with van der Waals surface area (Å²) in [6.45, 7) is -0.194. The molecule has 82 valence electrons. The van der Waals surface area contributed by atoms with E-state index in [0.29, 0.717) is 0 Å². The molecule has 0 spiro atoms. The molecule has 0 aliphatic heterocycles. The van der Waals surface area contributed by atoms with Gasteiger partial charge in [0.15, 0.2) is 0 Å². The van der Waals surface area contributed by atoms with Crippen LogP contribution in [0.3, 0.4) is 0 Å². The highest BCUT2D eigenvalue weighted by atomic mass is 19.4. The molecule has 0 unspecified atom stereocenters. The molecule has 14 heavy (non-hydrogen) atoms. The van der Waals surface area contributed by atoms with E-state index in [-0.39, 0.29) is 0 Å². The van der Waals surface area contributed by atoms with Gasteiger partial charge in [-0.1, -0.05) is 13.2 Å². The van der Waals surface area contributed by atoms with Crippen molar-refractivity contribution < 1.29 is 17.5 Å². The minimum atomic E-state index is -4.49. The maximum absolute atomic E-state index is 10.8. The molecule has 0 aliphatic carbocycles. The summed E-state index contributed by atoms with van der Waals surface area (Å²) in [4.78, 5) is 0. The van der Waals surface area contributed by atoms with Crippen molar-refractivity contribution in [1.29, 1.82) is 0 Å². The van der Waals surface area contributed by atoms with Crippen LogP contribution >= 0.6 is 0 Å². The Morgan fingerprint density at radius 3 is 1.93 bits per heavy atom. The molecule has 2 nitrogen and oxygen atoms in total. The Kier molecular flexibility index (Phi) is 5.34. The highest BCUT2D eigenvalue weighted by molar-refractivity contribution is 6.58. The summed E-state index contributed by atoms with van der Waals surface area (Å²) in [5.74, 6) is 0. The zero-order valence-electron chi connectivity index (χ0n) is 8.75. The van der Waals surface area contributed by atoms with Crippen LogP contribution in [-0.4, -0.2) is 11.5 Å². The van der Waals surface area contributed by atoms with Crippen LogP contribution in [-0.2, 0) is 13.6 Å². The molecule has 1 rings (SSSR count). The average molecular weight is 208 g/mol. The lowest BCUT2D eigenvalue weighted by atomic mass is 9.88. The van der Waals surface area contributed by atoms with Gasteiger partial charge in [-0.15, -0.1) is 0 Å². The number of aryl methyl sites for hydroxylation is 2. The molecule has 0 atom stereocenters. The molecule has 1 heterocycles. The van der Waals surface area contributed by atoms with E-state index < -0.39 is 13.3 Å². The first-order valence-corrected chi connectivity index (χ1v) is 4.61. The van der Waals surface area contributed by atoms with Gasteiger partial charge in [-0.2, -0.15) is 0 Å². The van der Waals surface area contributed by atoms with Gasteiger partial charge in [0.25, 0.3) is 0 Å². The Labute approximate surface area is 82.4 Å². The van der Waals surface area contributed by atoms with Gasteiger partial charge >= 0.3 is 6.98 Å². The van der Waals surface area contributed by atoms with Crippen molar-refractivity contribution in [3.63, 3.8) is 0 Å². The summed E-state index contributed by atoms with van der Waals surface area (Å²) < 4.78 is 36.7. The fourth-order valence-corrected chi connectivity index (χ4v) is 0.689. The molecule has 0 N–H and O–H groups in total. The second-order valence-electron chi connectivity index (χ2n) is 3.03. The van der Waals surface area contributed by atoms with Crippen LogP contribution in [0.5, 0.6) is 0 Å². The van der Waals surface area contributed by atoms with Crippen LogP contribution in [0.4, 0.5) is 12.9 Å². The van der Waals surface area contributed by atoms with E-state index in [4.69, 9.17) is 0 Å². The van der Waals surface area contributed by atoms with Gasteiger partial charge in [-0.05, 0) is 6.92 Å². The third-order valence-corrected chi connectivity index (χ3v) is 1.65. The molecular formula is C8H16BF3N2. The molecule has 0 amide bonds. The molecule has 0 radical (unpaired) electrons. The standard InChI is InChI=1S/C6H11N2.C2H5BF3/c1-3-8-5-4-7(2)6-8;1-2-3(4,5)6/h4-6H,3H2,1-2H3;2H2,1H3/q+1;-1. The number of hydrogen-bond acceptors (Lipinski definition) is 0. The van der Waals surface area contributed by atoms with E-state index in [0.717, 1.165) is 13.5 Å². The van der Waals surface area contributed by atoms with Gasteiger partial charge in [0.2, 0.25) is 6.33 Å². The lowest BCUT2D eigenvalue weighted by Crippen LogP contribution is -2.28. The monoisotopic (exact) mass is 208 g/mol. The minimum Gasteiger partial charge on any atom is -0.449 e. The van der Waals surface area contributed by atoms with E-state index >= 15 is 0 Å². The first kappa shape index (κ1) is 13.1. The first-order chi connectivity index (χ1) is 6.39. The third-order valence-electron chi connectivity index (χ3n) is 1.65. The molecule has 6 heteroatoms. The predicted molar refractivity (Wildman–Crippen MR) is 50.8 cm³/mol. The SMILES string of the molecule is CC[B-](F)(F)F.CC[n+]1ccn(C)c1. The van der Waals surface area contributed by atoms with Crippen molar-refractivity contribution in [2.45, 2.75) is 26.7 Å². The average Bonchev–Trinajstić information content (AvgIpc) is 2.51. The van der Waals surface area contributed by atoms with Crippen molar-refractivity contribution in [2.24, 2.45) is 7.05 Å². The molecule has 1 aromatic rings. The Morgan fingerprint density at radius 2 is 1.79 bits per heavy atom. The fraction of sp³-hybridized carbons (Fsp3) is 0.625. The quantitative estimate of drug-likeness (QED) is 0.520. The Hall–Kier alpha value is -0.935. The molecule has 0 aliphatic rings. The van der Waals surface area contributed by atoms with Crippen LogP contribution in [0.15, 0.2) is 18.7 Å². The van der Waals surface area contributed by atoms with E-state index in [9.17, 15) is 12.9 Å². The second-order valence-corrected chi connectivity index (χ2v) is 3.03. The number of rotatable bonds is 2. The van der Waals surface area contributed by atoms with Crippen molar-refractivity contribution in [3.8, 4) is 0 Å². The highest BCUT2D eigenvalue weighted by Gasteiger charge is 2.17. The maximum Gasteiger partial charge on any atom is 0.478 e. The fourth-order valence-electron chi connectivity index (χ4n) is 0.689. The van der Waals surface area contributed by atoms with Gasteiger partial charge in [0.1, 0.15) is 12.4 Å². The summed E-state index contributed by atoms with van der Waals surface area (Å²) in [5, 5.41) is 0. The Balaban J connectivity index is 0.000000255. The molecule has 0 aromatic carbocycles. The van der Waals surface area contributed by atoms with Crippen molar-refractivity contribution in [3.05, 3.63) is 18.7 Å². The van der Waals surface area contributed by atoms with Crippen molar-refractivity contribution in [2.75, 3.05) is 0 Å². The highest BCUT2D eigenvalue weighted by Crippen LogP contribution is 2.11. The molecule has 0 saturated carbocycles. The molecule has 1 aromatic heterocycles. The normalized spacial score (nSPS) is 10.7. The van der Waals surface area contributed by atoms with E-state index in [1.165, 1.54) is 0 Å². The predicted octanol–water partition coefficient (Wildman–Crippen LogP) is 2.19. The zero-order valence-corrected chi connectivity index (χ0v) is 8.75. The second kappa shape index (κ2) is 5.72. The topological polar surface area (TPSA) is 8.81 Å².